The van der Waals surface area contributed by atoms with Gasteiger partial charge < -0.3 is 10.3 Å². The predicted molar refractivity (Wildman–Crippen MR) is 56.5 cm³/mol. The summed E-state index contributed by atoms with van der Waals surface area (Å²) < 4.78 is 12.7. The highest BCUT2D eigenvalue weighted by atomic mass is 32.1. The Labute approximate surface area is 88.8 Å². The van der Waals surface area contributed by atoms with Crippen molar-refractivity contribution in [2.45, 2.75) is 6.54 Å². The van der Waals surface area contributed by atoms with Gasteiger partial charge >= 0.3 is 4.87 Å². The van der Waals surface area contributed by atoms with Gasteiger partial charge in [0.15, 0.2) is 0 Å². The van der Waals surface area contributed by atoms with Crippen LogP contribution in [0.5, 0.6) is 0 Å². The number of rotatable bonds is 3. The third-order valence-corrected chi connectivity index (χ3v) is 2.50. The smallest absolute Gasteiger partial charge is 0.304 e. The Bertz CT molecular complexity index is 508. The van der Waals surface area contributed by atoms with Crippen LogP contribution in [0.2, 0.25) is 0 Å². The number of anilines is 1. The first kappa shape index (κ1) is 9.85. The Balaban J connectivity index is 2.02. The first-order chi connectivity index (χ1) is 7.24. The van der Waals surface area contributed by atoms with Gasteiger partial charge in [0.1, 0.15) is 0 Å². The third kappa shape index (κ3) is 2.63. The number of pyridine rings is 1. The molecular weight excluding hydrogens is 217 g/mol. The maximum atomic E-state index is 12.7. The van der Waals surface area contributed by atoms with Crippen molar-refractivity contribution in [2.24, 2.45) is 0 Å². The maximum absolute atomic E-state index is 12.7. The molecule has 0 bridgehead atoms. The third-order valence-electron chi connectivity index (χ3n) is 1.78. The molecule has 2 N–H and O–H groups in total. The number of thiazole rings is 1. The Kier molecular flexibility index (Phi) is 2.77. The lowest BCUT2D eigenvalue weighted by molar-refractivity contribution is 0.584. The second kappa shape index (κ2) is 4.22. The number of nitrogens with zero attached hydrogens (tertiary/aromatic N) is 1. The van der Waals surface area contributed by atoms with Crippen molar-refractivity contribution in [3.05, 3.63) is 45.0 Å². The van der Waals surface area contributed by atoms with E-state index in [2.05, 4.69) is 15.3 Å². The molecule has 78 valence electrons. The van der Waals surface area contributed by atoms with Gasteiger partial charge in [0.05, 0.1) is 6.54 Å². The molecule has 0 unspecified atom stereocenters. The molecule has 2 aromatic rings. The Morgan fingerprint density at radius 2 is 2.47 bits per heavy atom. The molecule has 15 heavy (non-hydrogen) atoms. The first-order valence-corrected chi connectivity index (χ1v) is 5.14. The molecule has 0 aliphatic rings. The van der Waals surface area contributed by atoms with E-state index < -0.39 is 5.95 Å². The molecule has 0 amide bonds. The molecule has 2 aromatic heterocycles. The van der Waals surface area contributed by atoms with Crippen LogP contribution in [-0.2, 0) is 6.54 Å². The number of nitrogens with one attached hydrogen (secondary N) is 2. The summed E-state index contributed by atoms with van der Waals surface area (Å²) in [5, 5.41) is 4.70. The molecule has 2 rings (SSSR count). The van der Waals surface area contributed by atoms with Crippen molar-refractivity contribution < 1.29 is 4.39 Å². The van der Waals surface area contributed by atoms with Gasteiger partial charge in [-0.3, -0.25) is 4.79 Å². The lowest BCUT2D eigenvalue weighted by Gasteiger charge is -2.03. The standard InChI is InChI=1S/C9H8FN3OS/c10-8-3-6(1-2-11-8)12-4-7-5-15-9(14)13-7/h1-3,5H,4H2,(H,11,12)(H,13,14). The van der Waals surface area contributed by atoms with E-state index in [1.54, 1.807) is 11.4 Å². The zero-order chi connectivity index (χ0) is 10.7. The number of halogens is 1. The Hall–Kier alpha value is -1.69. The van der Waals surface area contributed by atoms with E-state index in [-0.39, 0.29) is 4.87 Å². The summed E-state index contributed by atoms with van der Waals surface area (Å²) in [7, 11) is 0. The number of H-pyrrole nitrogens is 1. The lowest BCUT2D eigenvalue weighted by Crippen LogP contribution is -2.03. The van der Waals surface area contributed by atoms with Crippen LogP contribution in [0.4, 0.5) is 10.1 Å². The quantitative estimate of drug-likeness (QED) is 0.780. The highest BCUT2D eigenvalue weighted by Crippen LogP contribution is 2.08. The average Bonchev–Trinajstić information content (AvgIpc) is 2.62. The number of hydrogen-bond acceptors (Lipinski definition) is 4. The second-order valence-corrected chi connectivity index (χ2v) is 3.74. The van der Waals surface area contributed by atoms with Crippen LogP contribution in [0.25, 0.3) is 0 Å². The Morgan fingerprint density at radius 3 is 3.13 bits per heavy atom. The van der Waals surface area contributed by atoms with Crippen LogP contribution in [-0.4, -0.2) is 9.97 Å². The van der Waals surface area contributed by atoms with E-state index >= 15 is 0 Å². The molecule has 4 nitrogen and oxygen atoms in total. The van der Waals surface area contributed by atoms with E-state index in [1.807, 2.05) is 0 Å². The molecule has 0 aromatic carbocycles. The normalized spacial score (nSPS) is 10.2. The summed E-state index contributed by atoms with van der Waals surface area (Å²) in [6.45, 7) is 0.461. The molecule has 0 atom stereocenters. The molecule has 0 saturated heterocycles. The topological polar surface area (TPSA) is 57.8 Å². The van der Waals surface area contributed by atoms with Crippen LogP contribution in [0, 0.1) is 5.95 Å². The zero-order valence-corrected chi connectivity index (χ0v) is 8.47. The predicted octanol–water partition coefficient (Wildman–Crippen LogP) is 1.58. The molecule has 0 saturated carbocycles. The minimum Gasteiger partial charge on any atom is -0.379 e. The minimum absolute atomic E-state index is 0.0901. The molecule has 6 heteroatoms. The molecular formula is C9H8FN3OS. The van der Waals surface area contributed by atoms with E-state index in [9.17, 15) is 9.18 Å². The van der Waals surface area contributed by atoms with Crippen LogP contribution in [0.15, 0.2) is 28.5 Å². The molecule has 0 aliphatic heterocycles. The van der Waals surface area contributed by atoms with Crippen molar-refractivity contribution in [1.82, 2.24) is 9.97 Å². The van der Waals surface area contributed by atoms with Crippen LogP contribution in [0.3, 0.4) is 0 Å². The highest BCUT2D eigenvalue weighted by molar-refractivity contribution is 7.07. The van der Waals surface area contributed by atoms with Crippen LogP contribution < -0.4 is 10.2 Å². The van der Waals surface area contributed by atoms with Gasteiger partial charge in [-0.2, -0.15) is 4.39 Å². The van der Waals surface area contributed by atoms with Crippen molar-refractivity contribution in [2.75, 3.05) is 5.32 Å². The van der Waals surface area contributed by atoms with Crippen LogP contribution >= 0.6 is 11.3 Å². The van der Waals surface area contributed by atoms with E-state index in [4.69, 9.17) is 0 Å². The van der Waals surface area contributed by atoms with E-state index in [0.29, 0.717) is 12.2 Å². The second-order valence-electron chi connectivity index (χ2n) is 2.89. The largest absolute Gasteiger partial charge is 0.379 e. The summed E-state index contributed by atoms with van der Waals surface area (Å²) in [6, 6.07) is 2.96. The summed E-state index contributed by atoms with van der Waals surface area (Å²) in [6.07, 6.45) is 1.38. The Morgan fingerprint density at radius 1 is 1.60 bits per heavy atom. The SMILES string of the molecule is O=c1[nH]c(CNc2ccnc(F)c2)cs1. The summed E-state index contributed by atoms with van der Waals surface area (Å²) >= 11 is 1.11. The number of aromatic amines is 1. The summed E-state index contributed by atoms with van der Waals surface area (Å²) in [5.74, 6) is -0.529. The highest BCUT2D eigenvalue weighted by Gasteiger charge is 1.98. The number of hydrogen-bond donors (Lipinski definition) is 2. The van der Waals surface area contributed by atoms with Gasteiger partial charge in [0.25, 0.3) is 0 Å². The van der Waals surface area contributed by atoms with Gasteiger partial charge in [-0.1, -0.05) is 11.3 Å². The first-order valence-electron chi connectivity index (χ1n) is 4.26. The van der Waals surface area contributed by atoms with E-state index in [0.717, 1.165) is 17.0 Å². The fourth-order valence-electron chi connectivity index (χ4n) is 1.11. The van der Waals surface area contributed by atoms with Gasteiger partial charge in [-0.25, -0.2) is 4.98 Å². The monoisotopic (exact) mass is 225 g/mol. The summed E-state index contributed by atoms with van der Waals surface area (Å²) in [4.78, 5) is 16.8. The fraction of sp³-hybridized carbons (Fsp3) is 0.111. The molecule has 0 radical (unpaired) electrons. The average molecular weight is 225 g/mol. The molecule has 0 fully saturated rings. The zero-order valence-electron chi connectivity index (χ0n) is 7.66. The van der Waals surface area contributed by atoms with Crippen LogP contribution in [0.1, 0.15) is 5.69 Å². The van der Waals surface area contributed by atoms with Gasteiger partial charge in [0, 0.05) is 29.0 Å². The van der Waals surface area contributed by atoms with Crippen molar-refractivity contribution in [1.29, 1.82) is 0 Å². The molecule has 0 spiro atoms. The number of aromatic nitrogens is 2. The van der Waals surface area contributed by atoms with Gasteiger partial charge in [-0.15, -0.1) is 0 Å². The van der Waals surface area contributed by atoms with Crippen molar-refractivity contribution in [3.63, 3.8) is 0 Å². The molecule has 2 heterocycles. The van der Waals surface area contributed by atoms with Gasteiger partial charge in [-0.05, 0) is 6.07 Å². The summed E-state index contributed by atoms with van der Waals surface area (Å²) in [5.41, 5.74) is 1.41. The lowest BCUT2D eigenvalue weighted by atomic mass is 10.4. The van der Waals surface area contributed by atoms with E-state index in [1.165, 1.54) is 12.3 Å². The molecule has 0 aliphatic carbocycles. The van der Waals surface area contributed by atoms with Crippen molar-refractivity contribution >= 4 is 17.0 Å². The van der Waals surface area contributed by atoms with Crippen molar-refractivity contribution in [3.8, 4) is 0 Å². The minimum atomic E-state index is -0.529. The fourth-order valence-corrected chi connectivity index (χ4v) is 1.69. The van der Waals surface area contributed by atoms with Gasteiger partial charge in [0.2, 0.25) is 5.95 Å². The maximum Gasteiger partial charge on any atom is 0.304 e.